The molecule has 0 aliphatic heterocycles. The number of carboxylic acids is 1. The lowest BCUT2D eigenvalue weighted by molar-refractivity contribution is -0.143. The van der Waals surface area contributed by atoms with Crippen LogP contribution >= 0.6 is 0 Å². The highest BCUT2D eigenvalue weighted by Crippen LogP contribution is 2.28. The third-order valence-electron chi connectivity index (χ3n) is 4.40. The van der Waals surface area contributed by atoms with Gasteiger partial charge in [-0.3, -0.25) is 9.59 Å². The van der Waals surface area contributed by atoms with Crippen LogP contribution in [0.2, 0.25) is 0 Å². The number of aromatic nitrogens is 2. The molecule has 150 valence electrons. The van der Waals surface area contributed by atoms with Gasteiger partial charge < -0.3 is 15.2 Å². The van der Waals surface area contributed by atoms with E-state index in [-0.39, 0.29) is 11.7 Å². The molecular formula is C19H22FN3O5. The van der Waals surface area contributed by atoms with E-state index in [2.05, 4.69) is 10.4 Å². The Hall–Kier alpha value is -3.23. The first-order valence-electron chi connectivity index (χ1n) is 8.71. The molecule has 2 aromatic rings. The molecule has 1 aromatic carbocycles. The van der Waals surface area contributed by atoms with Crippen molar-refractivity contribution in [1.82, 2.24) is 15.1 Å². The molecule has 0 aliphatic carbocycles. The Morgan fingerprint density at radius 2 is 2.04 bits per heavy atom. The summed E-state index contributed by atoms with van der Waals surface area (Å²) in [6.07, 6.45) is 0.565. The lowest BCUT2D eigenvalue weighted by Gasteiger charge is -2.20. The number of halogens is 1. The number of methoxy groups -OCH3 is 1. The Kier molecular flexibility index (Phi) is 6.86. The van der Waals surface area contributed by atoms with Crippen molar-refractivity contribution in [2.75, 3.05) is 7.11 Å². The fourth-order valence-electron chi connectivity index (χ4n) is 2.62. The van der Waals surface area contributed by atoms with Crippen molar-refractivity contribution >= 4 is 11.9 Å². The van der Waals surface area contributed by atoms with Crippen molar-refractivity contribution in [2.24, 2.45) is 5.92 Å². The maximum Gasteiger partial charge on any atom is 0.326 e. The zero-order chi connectivity index (χ0) is 20.8. The first-order chi connectivity index (χ1) is 13.3. The lowest BCUT2D eigenvalue weighted by atomic mass is 9.99. The predicted molar refractivity (Wildman–Crippen MR) is 99.5 cm³/mol. The highest BCUT2D eigenvalue weighted by atomic mass is 19.1. The third-order valence-corrected chi connectivity index (χ3v) is 4.40. The van der Waals surface area contributed by atoms with Gasteiger partial charge in [-0.15, -0.1) is 0 Å². The Morgan fingerprint density at radius 3 is 2.64 bits per heavy atom. The van der Waals surface area contributed by atoms with Crippen LogP contribution < -0.4 is 15.6 Å². The topological polar surface area (TPSA) is 111 Å². The molecule has 0 radical (unpaired) electrons. The number of hydrogen-bond acceptors (Lipinski definition) is 5. The summed E-state index contributed by atoms with van der Waals surface area (Å²) in [5, 5.41) is 15.8. The van der Waals surface area contributed by atoms with E-state index in [4.69, 9.17) is 4.74 Å². The molecule has 0 saturated carbocycles. The SMILES string of the molecule is CC[C@@H](C)[C@H](NC(=O)Cn1nc(-c2ccc(F)cc2OC)ccc1=O)C(=O)O. The molecule has 1 amide bonds. The van der Waals surface area contributed by atoms with Gasteiger partial charge in [-0.1, -0.05) is 20.3 Å². The maximum absolute atomic E-state index is 13.4. The van der Waals surface area contributed by atoms with Gasteiger partial charge in [-0.25, -0.2) is 13.9 Å². The molecule has 8 nitrogen and oxygen atoms in total. The molecule has 28 heavy (non-hydrogen) atoms. The smallest absolute Gasteiger partial charge is 0.326 e. The quantitative estimate of drug-likeness (QED) is 0.708. The van der Waals surface area contributed by atoms with Gasteiger partial charge in [0.2, 0.25) is 5.91 Å². The van der Waals surface area contributed by atoms with Gasteiger partial charge in [-0.05, 0) is 24.1 Å². The van der Waals surface area contributed by atoms with Crippen molar-refractivity contribution in [1.29, 1.82) is 0 Å². The minimum atomic E-state index is -1.15. The molecular weight excluding hydrogens is 369 g/mol. The van der Waals surface area contributed by atoms with Crippen LogP contribution in [0.4, 0.5) is 4.39 Å². The molecule has 2 rings (SSSR count). The number of benzene rings is 1. The number of nitrogens with one attached hydrogen (secondary N) is 1. The Labute approximate surface area is 160 Å². The number of amides is 1. The monoisotopic (exact) mass is 391 g/mol. The normalized spacial score (nSPS) is 12.9. The molecule has 0 aliphatic rings. The van der Waals surface area contributed by atoms with E-state index >= 15 is 0 Å². The van der Waals surface area contributed by atoms with Gasteiger partial charge >= 0.3 is 5.97 Å². The van der Waals surface area contributed by atoms with E-state index in [9.17, 15) is 23.9 Å². The number of hydrogen-bond donors (Lipinski definition) is 2. The lowest BCUT2D eigenvalue weighted by Crippen LogP contribution is -2.47. The largest absolute Gasteiger partial charge is 0.496 e. The number of rotatable bonds is 8. The van der Waals surface area contributed by atoms with Crippen LogP contribution in [-0.2, 0) is 16.1 Å². The van der Waals surface area contributed by atoms with Crippen molar-refractivity contribution < 1.29 is 23.8 Å². The van der Waals surface area contributed by atoms with E-state index in [1.54, 1.807) is 6.92 Å². The second kappa shape index (κ2) is 9.12. The standard InChI is InChI=1S/C19H22FN3O5/c1-4-11(2)18(19(26)27)21-16(24)10-23-17(25)8-7-14(22-23)13-6-5-12(20)9-15(13)28-3/h5-9,11,18H,4,10H2,1-3H3,(H,21,24)(H,26,27)/t11-,18+/m1/s1. The van der Waals surface area contributed by atoms with Crippen LogP contribution in [0.1, 0.15) is 20.3 Å². The minimum Gasteiger partial charge on any atom is -0.496 e. The second-order valence-corrected chi connectivity index (χ2v) is 6.33. The van der Waals surface area contributed by atoms with E-state index < -0.39 is 35.8 Å². The summed E-state index contributed by atoms with van der Waals surface area (Å²) in [6, 6.07) is 5.46. The van der Waals surface area contributed by atoms with Crippen molar-refractivity contribution in [3.63, 3.8) is 0 Å². The van der Waals surface area contributed by atoms with Crippen LogP contribution in [0.15, 0.2) is 35.1 Å². The molecule has 0 unspecified atom stereocenters. The zero-order valence-electron chi connectivity index (χ0n) is 15.8. The highest BCUT2D eigenvalue weighted by Gasteiger charge is 2.25. The summed E-state index contributed by atoms with van der Waals surface area (Å²) in [5.41, 5.74) is 0.220. The third kappa shape index (κ3) is 4.93. The molecule has 1 heterocycles. The Bertz CT molecular complexity index is 928. The fraction of sp³-hybridized carbons (Fsp3) is 0.368. The predicted octanol–water partition coefficient (Wildman–Crippen LogP) is 1.67. The molecule has 1 aromatic heterocycles. The number of carboxylic acid groups (broad SMARTS) is 1. The summed E-state index contributed by atoms with van der Waals surface area (Å²) in [4.78, 5) is 35.7. The summed E-state index contributed by atoms with van der Waals surface area (Å²) in [6.45, 7) is 3.08. The van der Waals surface area contributed by atoms with Gasteiger partial charge in [0, 0.05) is 17.7 Å². The fourth-order valence-corrected chi connectivity index (χ4v) is 2.62. The van der Waals surface area contributed by atoms with Crippen LogP contribution in [0.3, 0.4) is 0 Å². The van der Waals surface area contributed by atoms with E-state index in [0.29, 0.717) is 17.7 Å². The second-order valence-electron chi connectivity index (χ2n) is 6.33. The highest BCUT2D eigenvalue weighted by molar-refractivity contribution is 5.83. The van der Waals surface area contributed by atoms with Gasteiger partial charge in [0.25, 0.3) is 5.56 Å². The van der Waals surface area contributed by atoms with Crippen LogP contribution in [-0.4, -0.2) is 39.9 Å². The van der Waals surface area contributed by atoms with Gasteiger partial charge in [0.05, 0.1) is 12.8 Å². The minimum absolute atomic E-state index is 0.227. The van der Waals surface area contributed by atoms with Crippen LogP contribution in [0.25, 0.3) is 11.3 Å². The number of ether oxygens (including phenoxy) is 1. The van der Waals surface area contributed by atoms with E-state index in [1.807, 2.05) is 6.92 Å². The summed E-state index contributed by atoms with van der Waals surface area (Å²) in [7, 11) is 1.38. The molecule has 0 fully saturated rings. The summed E-state index contributed by atoms with van der Waals surface area (Å²) in [5.74, 6) is -2.33. The molecule has 0 spiro atoms. The molecule has 0 saturated heterocycles. The Morgan fingerprint density at radius 1 is 1.32 bits per heavy atom. The molecule has 2 N–H and O–H groups in total. The van der Waals surface area contributed by atoms with Crippen molar-refractivity contribution in [3.05, 3.63) is 46.5 Å². The van der Waals surface area contributed by atoms with Crippen LogP contribution in [0.5, 0.6) is 5.75 Å². The number of aliphatic carboxylic acids is 1. The van der Waals surface area contributed by atoms with Crippen molar-refractivity contribution in [3.8, 4) is 17.0 Å². The zero-order valence-corrected chi connectivity index (χ0v) is 15.8. The number of carbonyl (C=O) groups is 2. The van der Waals surface area contributed by atoms with Gasteiger partial charge in [-0.2, -0.15) is 5.10 Å². The first-order valence-corrected chi connectivity index (χ1v) is 8.71. The van der Waals surface area contributed by atoms with E-state index in [1.165, 1.54) is 37.4 Å². The summed E-state index contributed by atoms with van der Waals surface area (Å²) >= 11 is 0. The average molecular weight is 391 g/mol. The van der Waals surface area contributed by atoms with Gasteiger partial charge in [0.15, 0.2) is 0 Å². The molecule has 2 atom stereocenters. The first kappa shape index (κ1) is 21.1. The van der Waals surface area contributed by atoms with Crippen LogP contribution in [0, 0.1) is 11.7 Å². The molecule has 9 heteroatoms. The Balaban J connectivity index is 2.28. The average Bonchev–Trinajstić information content (AvgIpc) is 2.67. The van der Waals surface area contributed by atoms with Gasteiger partial charge in [0.1, 0.15) is 24.2 Å². The molecule has 0 bridgehead atoms. The number of carbonyl (C=O) groups excluding carboxylic acids is 1. The maximum atomic E-state index is 13.4. The number of nitrogens with zero attached hydrogens (tertiary/aromatic N) is 2. The summed E-state index contributed by atoms with van der Waals surface area (Å²) < 4.78 is 19.4. The van der Waals surface area contributed by atoms with Crippen molar-refractivity contribution in [2.45, 2.75) is 32.9 Å². The van der Waals surface area contributed by atoms with E-state index in [0.717, 1.165) is 4.68 Å².